The highest BCUT2D eigenvalue weighted by atomic mass is 32.2. The molecule has 0 unspecified atom stereocenters. The summed E-state index contributed by atoms with van der Waals surface area (Å²) in [5, 5.41) is 0.852. The fraction of sp³-hybridized carbons (Fsp3) is 0.455. The summed E-state index contributed by atoms with van der Waals surface area (Å²) in [6.07, 6.45) is 3.69. The molecule has 1 aromatic rings. The molecule has 0 saturated heterocycles. The molecule has 1 aromatic heterocycles. The van der Waals surface area contributed by atoms with E-state index in [1.54, 1.807) is 6.20 Å². The summed E-state index contributed by atoms with van der Waals surface area (Å²) in [4.78, 5) is 15.3. The average molecular weight is 225 g/mol. The zero-order valence-corrected chi connectivity index (χ0v) is 9.63. The number of hydrogen-bond donors (Lipinski definition) is 0. The lowest BCUT2D eigenvalue weighted by Crippen LogP contribution is -2.08. The number of nitrogens with zero attached hydrogens (tertiary/aromatic N) is 1. The largest absolute Gasteiger partial charge is 0.465 e. The third-order valence-electron chi connectivity index (χ3n) is 1.74. The number of carbonyl (C=O) groups excluding carboxylic acids is 1. The first-order valence-corrected chi connectivity index (χ1v) is 6.01. The SMILES string of the molecule is CCCCOC(=O)CSc1ccccn1. The first-order valence-electron chi connectivity index (χ1n) is 5.02. The van der Waals surface area contributed by atoms with Crippen LogP contribution < -0.4 is 0 Å². The molecule has 0 atom stereocenters. The van der Waals surface area contributed by atoms with Gasteiger partial charge in [-0.2, -0.15) is 0 Å². The van der Waals surface area contributed by atoms with Crippen molar-refractivity contribution < 1.29 is 9.53 Å². The Hall–Kier alpha value is -1.03. The second-order valence-corrected chi connectivity index (χ2v) is 4.03. The number of carbonyl (C=O) groups is 1. The third kappa shape index (κ3) is 5.42. The first kappa shape index (κ1) is 12.0. The van der Waals surface area contributed by atoms with Crippen LogP contribution in [0.2, 0.25) is 0 Å². The monoisotopic (exact) mass is 225 g/mol. The summed E-state index contributed by atoms with van der Waals surface area (Å²) < 4.78 is 5.02. The summed E-state index contributed by atoms with van der Waals surface area (Å²) in [5.41, 5.74) is 0. The van der Waals surface area contributed by atoms with Crippen LogP contribution in [0.4, 0.5) is 0 Å². The maximum atomic E-state index is 11.2. The van der Waals surface area contributed by atoms with Crippen LogP contribution in [0.25, 0.3) is 0 Å². The minimum atomic E-state index is -0.167. The predicted molar refractivity (Wildman–Crippen MR) is 60.8 cm³/mol. The van der Waals surface area contributed by atoms with Gasteiger partial charge in [0.05, 0.1) is 17.4 Å². The van der Waals surface area contributed by atoms with E-state index in [-0.39, 0.29) is 5.97 Å². The molecule has 0 radical (unpaired) electrons. The van der Waals surface area contributed by atoms with E-state index in [2.05, 4.69) is 11.9 Å². The van der Waals surface area contributed by atoms with Crippen LogP contribution in [-0.2, 0) is 9.53 Å². The molecule has 4 heteroatoms. The number of thioether (sulfide) groups is 1. The number of esters is 1. The van der Waals surface area contributed by atoms with Gasteiger partial charge in [0.2, 0.25) is 0 Å². The van der Waals surface area contributed by atoms with Gasteiger partial charge >= 0.3 is 5.97 Å². The van der Waals surface area contributed by atoms with Gasteiger partial charge in [0.25, 0.3) is 0 Å². The van der Waals surface area contributed by atoms with E-state index < -0.39 is 0 Å². The van der Waals surface area contributed by atoms with Crippen molar-refractivity contribution >= 4 is 17.7 Å². The van der Waals surface area contributed by atoms with Gasteiger partial charge in [-0.15, -0.1) is 0 Å². The Bertz CT molecular complexity index is 290. The molecular weight excluding hydrogens is 210 g/mol. The summed E-state index contributed by atoms with van der Waals surface area (Å²) in [6, 6.07) is 5.63. The van der Waals surface area contributed by atoms with E-state index in [1.807, 2.05) is 18.2 Å². The zero-order valence-electron chi connectivity index (χ0n) is 8.81. The fourth-order valence-corrected chi connectivity index (χ4v) is 1.60. The van der Waals surface area contributed by atoms with E-state index in [0.29, 0.717) is 12.4 Å². The molecule has 82 valence electrons. The second-order valence-electron chi connectivity index (χ2n) is 3.03. The van der Waals surface area contributed by atoms with E-state index in [1.165, 1.54) is 11.8 Å². The van der Waals surface area contributed by atoms with Crippen molar-refractivity contribution in [3.05, 3.63) is 24.4 Å². The van der Waals surface area contributed by atoms with E-state index in [9.17, 15) is 4.79 Å². The number of pyridine rings is 1. The molecule has 15 heavy (non-hydrogen) atoms. The van der Waals surface area contributed by atoms with Crippen LogP contribution in [0.5, 0.6) is 0 Å². The van der Waals surface area contributed by atoms with Gasteiger partial charge in [-0.25, -0.2) is 4.98 Å². The number of unbranched alkanes of at least 4 members (excludes halogenated alkanes) is 1. The number of aromatic nitrogens is 1. The lowest BCUT2D eigenvalue weighted by molar-refractivity contribution is -0.140. The van der Waals surface area contributed by atoms with Gasteiger partial charge in [-0.3, -0.25) is 4.79 Å². The summed E-state index contributed by atoms with van der Waals surface area (Å²) in [6.45, 7) is 2.59. The maximum absolute atomic E-state index is 11.2. The van der Waals surface area contributed by atoms with Crippen molar-refractivity contribution in [1.29, 1.82) is 0 Å². The molecule has 1 heterocycles. The molecule has 0 spiro atoms. The number of rotatable bonds is 6. The standard InChI is InChI=1S/C11H15NO2S/c1-2-3-8-14-11(13)9-15-10-6-4-5-7-12-10/h4-7H,2-3,8-9H2,1H3. The van der Waals surface area contributed by atoms with Crippen LogP contribution in [0, 0.1) is 0 Å². The summed E-state index contributed by atoms with van der Waals surface area (Å²) in [7, 11) is 0. The zero-order chi connectivity index (χ0) is 10.9. The highest BCUT2D eigenvalue weighted by molar-refractivity contribution is 7.99. The van der Waals surface area contributed by atoms with Crippen molar-refractivity contribution in [1.82, 2.24) is 4.98 Å². The molecule has 0 N–H and O–H groups in total. The van der Waals surface area contributed by atoms with Crippen molar-refractivity contribution in [2.75, 3.05) is 12.4 Å². The van der Waals surface area contributed by atoms with Gasteiger partial charge in [0, 0.05) is 6.20 Å². The molecule has 0 aromatic carbocycles. The Morgan fingerprint density at radius 3 is 3.07 bits per heavy atom. The highest BCUT2D eigenvalue weighted by Gasteiger charge is 2.03. The van der Waals surface area contributed by atoms with Crippen molar-refractivity contribution in [3.63, 3.8) is 0 Å². The van der Waals surface area contributed by atoms with Gasteiger partial charge in [-0.1, -0.05) is 31.2 Å². The van der Waals surface area contributed by atoms with Gasteiger partial charge in [0.1, 0.15) is 0 Å². The lowest BCUT2D eigenvalue weighted by Gasteiger charge is -2.02. The van der Waals surface area contributed by atoms with Gasteiger partial charge in [0.15, 0.2) is 0 Å². The van der Waals surface area contributed by atoms with Crippen LogP contribution in [0.15, 0.2) is 29.4 Å². The minimum Gasteiger partial charge on any atom is -0.465 e. The minimum absolute atomic E-state index is 0.167. The van der Waals surface area contributed by atoms with Crippen LogP contribution >= 0.6 is 11.8 Å². The normalized spacial score (nSPS) is 9.93. The molecule has 0 amide bonds. The topological polar surface area (TPSA) is 39.2 Å². The predicted octanol–water partition coefficient (Wildman–Crippen LogP) is 2.52. The molecular formula is C11H15NO2S. The Kier molecular flexibility index (Phi) is 5.85. The maximum Gasteiger partial charge on any atom is 0.316 e. The molecule has 0 saturated carbocycles. The highest BCUT2D eigenvalue weighted by Crippen LogP contribution is 2.13. The summed E-state index contributed by atoms with van der Waals surface area (Å²) >= 11 is 1.40. The molecule has 0 bridgehead atoms. The fourth-order valence-electron chi connectivity index (χ4n) is 0.937. The van der Waals surface area contributed by atoms with E-state index in [4.69, 9.17) is 4.74 Å². The van der Waals surface area contributed by atoms with Crippen molar-refractivity contribution in [3.8, 4) is 0 Å². The van der Waals surface area contributed by atoms with Crippen LogP contribution in [0.3, 0.4) is 0 Å². The third-order valence-corrected chi connectivity index (χ3v) is 2.65. The van der Waals surface area contributed by atoms with Crippen molar-refractivity contribution in [2.24, 2.45) is 0 Å². The molecule has 0 fully saturated rings. The van der Waals surface area contributed by atoms with E-state index in [0.717, 1.165) is 17.9 Å². The summed E-state index contributed by atoms with van der Waals surface area (Å²) in [5.74, 6) is 0.167. The molecule has 0 aliphatic carbocycles. The van der Waals surface area contributed by atoms with E-state index >= 15 is 0 Å². The Balaban J connectivity index is 2.17. The molecule has 1 rings (SSSR count). The van der Waals surface area contributed by atoms with Crippen LogP contribution in [0.1, 0.15) is 19.8 Å². The van der Waals surface area contributed by atoms with Gasteiger partial charge < -0.3 is 4.74 Å². The van der Waals surface area contributed by atoms with Crippen molar-refractivity contribution in [2.45, 2.75) is 24.8 Å². The average Bonchev–Trinajstić information content (AvgIpc) is 2.28. The Morgan fingerprint density at radius 1 is 1.53 bits per heavy atom. The molecule has 3 nitrogen and oxygen atoms in total. The second kappa shape index (κ2) is 7.29. The quantitative estimate of drug-likeness (QED) is 0.423. The lowest BCUT2D eigenvalue weighted by atomic mass is 10.4. The van der Waals surface area contributed by atoms with Crippen LogP contribution in [-0.4, -0.2) is 23.3 Å². The number of ether oxygens (including phenoxy) is 1. The number of hydrogen-bond acceptors (Lipinski definition) is 4. The molecule has 0 aliphatic heterocycles. The Labute approximate surface area is 94.2 Å². The van der Waals surface area contributed by atoms with Gasteiger partial charge in [-0.05, 0) is 18.6 Å². The first-order chi connectivity index (χ1) is 7.33. The molecule has 0 aliphatic rings. The Morgan fingerprint density at radius 2 is 2.40 bits per heavy atom. The smallest absolute Gasteiger partial charge is 0.316 e.